The Labute approximate surface area is 163 Å². The van der Waals surface area contributed by atoms with Crippen LogP contribution in [0, 0.1) is 17.8 Å². The smallest absolute Gasteiger partial charge is 0.253 e. The summed E-state index contributed by atoms with van der Waals surface area (Å²) in [6, 6.07) is 8.06. The molecule has 1 amide bonds. The molecule has 2 heterocycles. The van der Waals surface area contributed by atoms with Crippen LogP contribution in [0.15, 0.2) is 24.3 Å². The molecular weight excluding hydrogens is 336 g/mol. The van der Waals surface area contributed by atoms with Gasteiger partial charge in [0.25, 0.3) is 5.91 Å². The van der Waals surface area contributed by atoms with E-state index in [1.54, 1.807) is 13.8 Å². The maximum atomic E-state index is 12.9. The van der Waals surface area contributed by atoms with Crippen molar-refractivity contribution in [3.05, 3.63) is 35.4 Å². The van der Waals surface area contributed by atoms with Crippen molar-refractivity contribution in [2.24, 2.45) is 5.92 Å². The Hall–Kier alpha value is -1.83. The Kier molecular flexibility index (Phi) is 6.24. The molecule has 1 aromatic rings. The molecule has 2 aliphatic rings. The highest BCUT2D eigenvalue weighted by Gasteiger charge is 2.30. The number of carbonyl (C=O) groups excluding carboxylic acids is 1. The fourth-order valence-electron chi connectivity index (χ4n) is 4.17. The van der Waals surface area contributed by atoms with Gasteiger partial charge in [-0.25, -0.2) is 0 Å². The minimum absolute atomic E-state index is 0.0918. The van der Waals surface area contributed by atoms with Gasteiger partial charge in [-0.15, -0.1) is 0 Å². The van der Waals surface area contributed by atoms with Crippen LogP contribution in [0.2, 0.25) is 0 Å². The van der Waals surface area contributed by atoms with Crippen LogP contribution in [-0.4, -0.2) is 58.6 Å². The molecule has 1 unspecified atom stereocenters. The van der Waals surface area contributed by atoms with Gasteiger partial charge in [0.1, 0.15) is 5.60 Å². The first kappa shape index (κ1) is 19.9. The second-order valence-corrected chi connectivity index (χ2v) is 8.50. The zero-order chi connectivity index (χ0) is 19.4. The minimum atomic E-state index is -1.03. The zero-order valence-corrected chi connectivity index (χ0v) is 16.9. The molecule has 4 heteroatoms. The third-order valence-electron chi connectivity index (χ3n) is 5.85. The van der Waals surface area contributed by atoms with E-state index in [9.17, 15) is 9.90 Å². The number of rotatable bonds is 3. The van der Waals surface area contributed by atoms with Crippen molar-refractivity contribution < 1.29 is 9.90 Å². The Morgan fingerprint density at radius 3 is 2.48 bits per heavy atom. The lowest BCUT2D eigenvalue weighted by atomic mass is 9.89. The summed E-state index contributed by atoms with van der Waals surface area (Å²) in [6.45, 7) is 9.81. The van der Waals surface area contributed by atoms with Gasteiger partial charge in [0.15, 0.2) is 0 Å². The molecule has 1 N–H and O–H groups in total. The van der Waals surface area contributed by atoms with Gasteiger partial charge in [-0.2, -0.15) is 0 Å². The molecule has 2 saturated heterocycles. The Morgan fingerprint density at radius 2 is 1.85 bits per heavy atom. The average Bonchev–Trinajstić information content (AvgIpc) is 3.20. The molecule has 0 spiro atoms. The number of amides is 1. The Bertz CT molecular complexity index is 712. The first-order chi connectivity index (χ1) is 12.8. The second kappa shape index (κ2) is 8.46. The molecule has 27 heavy (non-hydrogen) atoms. The molecule has 0 aliphatic carbocycles. The first-order valence-electron chi connectivity index (χ1n) is 10.2. The van der Waals surface area contributed by atoms with Gasteiger partial charge in [-0.1, -0.05) is 17.9 Å². The molecule has 146 valence electrons. The number of hydrogen-bond donors (Lipinski definition) is 1. The minimum Gasteiger partial charge on any atom is -0.378 e. The molecule has 2 aliphatic heterocycles. The quantitative estimate of drug-likeness (QED) is 0.834. The van der Waals surface area contributed by atoms with E-state index in [0.717, 1.165) is 31.5 Å². The van der Waals surface area contributed by atoms with Crippen LogP contribution < -0.4 is 0 Å². The molecule has 4 nitrogen and oxygen atoms in total. The third-order valence-corrected chi connectivity index (χ3v) is 5.85. The van der Waals surface area contributed by atoms with Gasteiger partial charge in [0.2, 0.25) is 0 Å². The van der Waals surface area contributed by atoms with Gasteiger partial charge in [-0.05, 0) is 83.7 Å². The van der Waals surface area contributed by atoms with E-state index >= 15 is 0 Å². The Balaban J connectivity index is 1.59. The maximum absolute atomic E-state index is 12.9. The summed E-state index contributed by atoms with van der Waals surface area (Å²) in [6.07, 6.45) is 4.83. The van der Waals surface area contributed by atoms with Crippen LogP contribution in [0.5, 0.6) is 0 Å². The van der Waals surface area contributed by atoms with Gasteiger partial charge in [0, 0.05) is 30.3 Å². The number of benzene rings is 1. The number of likely N-dealkylation sites (tertiary alicyclic amines) is 2. The van der Waals surface area contributed by atoms with Crippen LogP contribution >= 0.6 is 0 Å². The van der Waals surface area contributed by atoms with Crippen molar-refractivity contribution in [2.45, 2.75) is 58.1 Å². The van der Waals surface area contributed by atoms with E-state index in [0.29, 0.717) is 17.5 Å². The largest absolute Gasteiger partial charge is 0.378 e. The molecule has 0 bridgehead atoms. The van der Waals surface area contributed by atoms with E-state index < -0.39 is 5.60 Å². The van der Waals surface area contributed by atoms with Crippen LogP contribution in [0.25, 0.3) is 0 Å². The number of aliphatic hydroxyl groups is 1. The SMILES string of the molecule is CC(C1CCN(C(=O)c2cccc(C#CC(C)(C)O)c2)CC1)N1CCCC1. The van der Waals surface area contributed by atoms with Crippen molar-refractivity contribution in [1.82, 2.24) is 9.80 Å². The number of piperidine rings is 1. The lowest BCUT2D eigenvalue weighted by molar-refractivity contribution is 0.0624. The fourth-order valence-corrected chi connectivity index (χ4v) is 4.17. The van der Waals surface area contributed by atoms with E-state index in [4.69, 9.17) is 0 Å². The molecule has 2 fully saturated rings. The Morgan fingerprint density at radius 1 is 1.19 bits per heavy atom. The van der Waals surface area contributed by atoms with Gasteiger partial charge < -0.3 is 14.9 Å². The van der Waals surface area contributed by atoms with Crippen LogP contribution in [0.4, 0.5) is 0 Å². The molecule has 3 rings (SSSR count). The zero-order valence-electron chi connectivity index (χ0n) is 16.9. The van der Waals surface area contributed by atoms with E-state index in [1.807, 2.05) is 29.2 Å². The summed E-state index contributed by atoms with van der Waals surface area (Å²) in [4.78, 5) is 17.5. The van der Waals surface area contributed by atoms with E-state index in [1.165, 1.54) is 25.9 Å². The molecule has 1 aromatic carbocycles. The van der Waals surface area contributed by atoms with E-state index in [-0.39, 0.29) is 5.91 Å². The van der Waals surface area contributed by atoms with Gasteiger partial charge in [0.05, 0.1) is 0 Å². The van der Waals surface area contributed by atoms with Gasteiger partial charge in [-0.3, -0.25) is 4.79 Å². The standard InChI is InChI=1S/C23H32N2O2/c1-18(24-13-4-5-14-24)20-10-15-25(16-11-20)22(26)21-8-6-7-19(17-21)9-12-23(2,3)27/h6-8,17-18,20,27H,4-5,10-11,13-16H2,1-3H3. The van der Waals surface area contributed by atoms with Crippen molar-refractivity contribution in [2.75, 3.05) is 26.2 Å². The number of nitrogens with zero attached hydrogens (tertiary/aromatic N) is 2. The summed E-state index contributed by atoms with van der Waals surface area (Å²) in [5, 5.41) is 9.76. The average molecular weight is 369 g/mol. The predicted molar refractivity (Wildman–Crippen MR) is 109 cm³/mol. The normalized spacial score (nSPS) is 20.2. The van der Waals surface area contributed by atoms with E-state index in [2.05, 4.69) is 23.7 Å². The summed E-state index contributed by atoms with van der Waals surface area (Å²) >= 11 is 0. The highest BCUT2D eigenvalue weighted by Crippen LogP contribution is 2.27. The predicted octanol–water partition coefficient (Wildman–Crippen LogP) is 3.15. The molecule has 0 aromatic heterocycles. The molecule has 0 radical (unpaired) electrons. The lowest BCUT2D eigenvalue weighted by Gasteiger charge is -2.38. The van der Waals surface area contributed by atoms with Crippen molar-refractivity contribution >= 4 is 5.91 Å². The number of hydrogen-bond acceptors (Lipinski definition) is 3. The summed E-state index contributed by atoms with van der Waals surface area (Å²) in [5.74, 6) is 6.55. The topological polar surface area (TPSA) is 43.8 Å². The highest BCUT2D eigenvalue weighted by molar-refractivity contribution is 5.94. The molecule has 1 atom stereocenters. The molecular formula is C23H32N2O2. The molecule has 0 saturated carbocycles. The van der Waals surface area contributed by atoms with Crippen LogP contribution in [0.1, 0.15) is 62.4 Å². The van der Waals surface area contributed by atoms with Crippen LogP contribution in [-0.2, 0) is 0 Å². The number of carbonyl (C=O) groups is 1. The second-order valence-electron chi connectivity index (χ2n) is 8.50. The van der Waals surface area contributed by atoms with Crippen molar-refractivity contribution in [3.63, 3.8) is 0 Å². The maximum Gasteiger partial charge on any atom is 0.253 e. The van der Waals surface area contributed by atoms with Crippen molar-refractivity contribution in [3.8, 4) is 11.8 Å². The highest BCUT2D eigenvalue weighted by atomic mass is 16.3. The lowest BCUT2D eigenvalue weighted by Crippen LogP contribution is -2.45. The monoisotopic (exact) mass is 368 g/mol. The van der Waals surface area contributed by atoms with Crippen molar-refractivity contribution in [1.29, 1.82) is 0 Å². The summed E-state index contributed by atoms with van der Waals surface area (Å²) in [5.41, 5.74) is 0.414. The summed E-state index contributed by atoms with van der Waals surface area (Å²) < 4.78 is 0. The third kappa shape index (κ3) is 5.34. The van der Waals surface area contributed by atoms with Crippen LogP contribution in [0.3, 0.4) is 0 Å². The fraction of sp³-hybridized carbons (Fsp3) is 0.609. The van der Waals surface area contributed by atoms with Gasteiger partial charge >= 0.3 is 0 Å². The summed E-state index contributed by atoms with van der Waals surface area (Å²) in [7, 11) is 0. The first-order valence-corrected chi connectivity index (χ1v) is 10.2.